The van der Waals surface area contributed by atoms with Crippen molar-refractivity contribution in [2.24, 2.45) is 5.92 Å². The Labute approximate surface area is 170 Å². The first kappa shape index (κ1) is 19.6. The molecule has 1 heterocycles. The number of fused-ring (bicyclic) bond motifs is 1. The van der Waals surface area contributed by atoms with Crippen molar-refractivity contribution in [1.82, 2.24) is 4.90 Å². The lowest BCUT2D eigenvalue weighted by molar-refractivity contribution is -0.121. The Morgan fingerprint density at radius 2 is 1.74 bits per heavy atom. The summed E-state index contributed by atoms with van der Waals surface area (Å²) in [6.07, 6.45) is 0.625. The molecule has 0 aromatic heterocycles. The predicted molar refractivity (Wildman–Crippen MR) is 108 cm³/mol. The zero-order valence-electron chi connectivity index (χ0n) is 14.8. The highest BCUT2D eigenvalue weighted by molar-refractivity contribution is 9.10. The molecule has 5 nitrogen and oxygen atoms in total. The molecule has 1 aliphatic rings. The van der Waals surface area contributed by atoms with Crippen LogP contribution in [0.25, 0.3) is 0 Å². The van der Waals surface area contributed by atoms with E-state index >= 15 is 0 Å². The van der Waals surface area contributed by atoms with E-state index in [1.54, 1.807) is 42.5 Å². The molecule has 0 saturated heterocycles. The lowest BCUT2D eigenvalue weighted by Crippen LogP contribution is -2.50. The van der Waals surface area contributed by atoms with E-state index in [0.29, 0.717) is 28.3 Å². The van der Waals surface area contributed by atoms with Crippen molar-refractivity contribution in [3.05, 3.63) is 63.1 Å². The van der Waals surface area contributed by atoms with Crippen molar-refractivity contribution >= 4 is 50.9 Å². The number of carbonyl (C=O) groups excluding carboxylic acids is 3. The monoisotopic (exact) mass is 448 g/mol. The molecule has 3 amide bonds. The van der Waals surface area contributed by atoms with Gasteiger partial charge in [-0.25, -0.2) is 0 Å². The van der Waals surface area contributed by atoms with Crippen LogP contribution in [0, 0.1) is 5.92 Å². The first-order valence-corrected chi connectivity index (χ1v) is 9.75. The Bertz CT molecular complexity index is 896. The van der Waals surface area contributed by atoms with E-state index in [1.807, 2.05) is 13.8 Å². The standard InChI is InChI=1S/C20H18BrClN2O3/c1-3-11(2)17(18(25)23-16-9-8-12(21)10-15(16)22)24-19(26)13-6-4-5-7-14(13)20(24)27/h4-11,17H,3H2,1-2H3,(H,23,25). The number of benzene rings is 2. The van der Waals surface area contributed by atoms with Crippen LogP contribution in [0.15, 0.2) is 46.9 Å². The summed E-state index contributed by atoms with van der Waals surface area (Å²) >= 11 is 9.51. The number of nitrogens with zero attached hydrogens (tertiary/aromatic N) is 1. The van der Waals surface area contributed by atoms with Gasteiger partial charge in [-0.1, -0.05) is 59.9 Å². The number of anilines is 1. The molecule has 2 aromatic rings. The molecule has 1 N–H and O–H groups in total. The van der Waals surface area contributed by atoms with Gasteiger partial charge in [-0.05, 0) is 36.2 Å². The maximum absolute atomic E-state index is 13.1. The average Bonchev–Trinajstić information content (AvgIpc) is 2.89. The minimum atomic E-state index is -0.929. The van der Waals surface area contributed by atoms with E-state index in [4.69, 9.17) is 11.6 Å². The zero-order valence-corrected chi connectivity index (χ0v) is 17.2. The number of halogens is 2. The number of hydrogen-bond donors (Lipinski definition) is 1. The normalized spacial score (nSPS) is 15.5. The molecule has 27 heavy (non-hydrogen) atoms. The Morgan fingerprint density at radius 3 is 2.26 bits per heavy atom. The summed E-state index contributed by atoms with van der Waals surface area (Å²) in [5.41, 5.74) is 1.07. The summed E-state index contributed by atoms with van der Waals surface area (Å²) < 4.78 is 0.782. The quantitative estimate of drug-likeness (QED) is 0.670. The number of amides is 3. The third-order valence-corrected chi connectivity index (χ3v) is 5.55. The van der Waals surface area contributed by atoms with E-state index in [0.717, 1.165) is 9.37 Å². The summed E-state index contributed by atoms with van der Waals surface area (Å²) in [6, 6.07) is 10.8. The van der Waals surface area contributed by atoms with Crippen LogP contribution >= 0.6 is 27.5 Å². The molecule has 2 unspecified atom stereocenters. The van der Waals surface area contributed by atoms with Crippen LogP contribution in [0.5, 0.6) is 0 Å². The van der Waals surface area contributed by atoms with Crippen molar-refractivity contribution in [3.8, 4) is 0 Å². The van der Waals surface area contributed by atoms with Gasteiger partial charge in [0.15, 0.2) is 0 Å². The molecule has 0 bridgehead atoms. The topological polar surface area (TPSA) is 66.5 Å². The maximum atomic E-state index is 13.1. The van der Waals surface area contributed by atoms with E-state index in [9.17, 15) is 14.4 Å². The summed E-state index contributed by atoms with van der Waals surface area (Å²) in [6.45, 7) is 3.76. The Morgan fingerprint density at radius 1 is 1.15 bits per heavy atom. The lowest BCUT2D eigenvalue weighted by atomic mass is 9.96. The fraction of sp³-hybridized carbons (Fsp3) is 0.250. The van der Waals surface area contributed by atoms with Crippen LogP contribution in [0.3, 0.4) is 0 Å². The van der Waals surface area contributed by atoms with Gasteiger partial charge in [-0.3, -0.25) is 19.3 Å². The number of hydrogen-bond acceptors (Lipinski definition) is 3. The highest BCUT2D eigenvalue weighted by atomic mass is 79.9. The largest absolute Gasteiger partial charge is 0.323 e. The lowest BCUT2D eigenvalue weighted by Gasteiger charge is -2.29. The van der Waals surface area contributed by atoms with Gasteiger partial charge in [0, 0.05) is 4.47 Å². The molecule has 1 aliphatic heterocycles. The van der Waals surface area contributed by atoms with Crippen molar-refractivity contribution in [1.29, 1.82) is 0 Å². The summed E-state index contributed by atoms with van der Waals surface area (Å²) in [7, 11) is 0. The number of carbonyl (C=O) groups is 3. The van der Waals surface area contributed by atoms with Crippen LogP contribution < -0.4 is 5.32 Å². The van der Waals surface area contributed by atoms with Gasteiger partial charge < -0.3 is 5.32 Å². The first-order valence-electron chi connectivity index (χ1n) is 8.58. The van der Waals surface area contributed by atoms with Crippen LogP contribution in [-0.2, 0) is 4.79 Å². The van der Waals surface area contributed by atoms with Gasteiger partial charge in [-0.15, -0.1) is 0 Å². The van der Waals surface area contributed by atoms with Crippen molar-refractivity contribution in [2.45, 2.75) is 26.3 Å². The van der Waals surface area contributed by atoms with E-state index in [2.05, 4.69) is 21.2 Å². The molecule has 140 valence electrons. The molecule has 7 heteroatoms. The molecular formula is C20H18BrClN2O3. The highest BCUT2D eigenvalue weighted by Crippen LogP contribution is 2.30. The highest BCUT2D eigenvalue weighted by Gasteiger charge is 2.44. The first-order chi connectivity index (χ1) is 12.8. The molecule has 2 aromatic carbocycles. The minimum Gasteiger partial charge on any atom is -0.323 e. The van der Waals surface area contributed by atoms with Crippen LogP contribution in [-0.4, -0.2) is 28.7 Å². The zero-order chi connectivity index (χ0) is 19.7. The third kappa shape index (κ3) is 3.64. The smallest absolute Gasteiger partial charge is 0.262 e. The maximum Gasteiger partial charge on any atom is 0.262 e. The van der Waals surface area contributed by atoms with E-state index in [1.165, 1.54) is 0 Å². The van der Waals surface area contributed by atoms with Gasteiger partial charge in [0.05, 0.1) is 21.8 Å². The fourth-order valence-electron chi connectivity index (χ4n) is 3.11. The van der Waals surface area contributed by atoms with Crippen LogP contribution in [0.2, 0.25) is 5.02 Å². The van der Waals surface area contributed by atoms with Crippen molar-refractivity contribution in [2.75, 3.05) is 5.32 Å². The van der Waals surface area contributed by atoms with Gasteiger partial charge in [-0.2, -0.15) is 0 Å². The SMILES string of the molecule is CCC(C)C(C(=O)Nc1ccc(Br)cc1Cl)N1C(=O)c2ccccc2C1=O. The van der Waals surface area contributed by atoms with E-state index in [-0.39, 0.29) is 5.92 Å². The van der Waals surface area contributed by atoms with Crippen molar-refractivity contribution in [3.63, 3.8) is 0 Å². The molecule has 0 aliphatic carbocycles. The minimum absolute atomic E-state index is 0.221. The molecule has 0 fully saturated rings. The van der Waals surface area contributed by atoms with Crippen LogP contribution in [0.4, 0.5) is 5.69 Å². The molecule has 0 spiro atoms. The second-order valence-corrected chi connectivity index (χ2v) is 7.79. The molecule has 3 rings (SSSR count). The van der Waals surface area contributed by atoms with Gasteiger partial charge in [0.25, 0.3) is 11.8 Å². The van der Waals surface area contributed by atoms with E-state index < -0.39 is 23.8 Å². The van der Waals surface area contributed by atoms with Gasteiger partial charge in [0.2, 0.25) is 5.91 Å². The number of rotatable bonds is 5. The summed E-state index contributed by atoms with van der Waals surface area (Å²) in [4.78, 5) is 39.8. The predicted octanol–water partition coefficient (Wildman–Crippen LogP) is 4.75. The summed E-state index contributed by atoms with van der Waals surface area (Å²) in [5, 5.41) is 3.12. The number of nitrogens with one attached hydrogen (secondary N) is 1. The van der Waals surface area contributed by atoms with Crippen LogP contribution in [0.1, 0.15) is 41.0 Å². The fourth-order valence-corrected chi connectivity index (χ4v) is 3.83. The van der Waals surface area contributed by atoms with Gasteiger partial charge in [0.1, 0.15) is 6.04 Å². The number of imide groups is 1. The average molecular weight is 450 g/mol. The Hall–Kier alpha value is -2.18. The molecule has 0 radical (unpaired) electrons. The molecular weight excluding hydrogens is 432 g/mol. The second kappa shape index (κ2) is 7.82. The second-order valence-electron chi connectivity index (χ2n) is 6.47. The Balaban J connectivity index is 1.94. The summed E-state index contributed by atoms with van der Waals surface area (Å²) in [5.74, 6) is -1.56. The van der Waals surface area contributed by atoms with Gasteiger partial charge >= 0.3 is 0 Å². The molecule has 0 saturated carbocycles. The van der Waals surface area contributed by atoms with Crippen molar-refractivity contribution < 1.29 is 14.4 Å². The molecule has 2 atom stereocenters. The third-order valence-electron chi connectivity index (χ3n) is 4.74. The Kier molecular flexibility index (Phi) is 5.67.